The summed E-state index contributed by atoms with van der Waals surface area (Å²) in [5, 5.41) is 103. The molecule has 25 nitrogen and oxygen atoms in total. The van der Waals surface area contributed by atoms with Crippen LogP contribution in [0.3, 0.4) is 0 Å². The lowest BCUT2D eigenvalue weighted by molar-refractivity contribution is -0.360. The standard InChI is InChI=1S/C94H177O25P/c1-7-11-15-19-23-25-27-29-30-31-33-35-37-39-51-59-67-80(99)116-89-85(104)86(105)90(117-93-87(106)83(102)81(100)75(68-95)114-93)92(91(89)118-94-88(107)84(103)82(101)76(115-94)71-111-78(97)65-57-49-43-41-47-55-63-73(6)61-53-45-22-18-14-10-4)119-120(108,109)112-70-74(113-79(98)66-58-50-38-36-34-32-28-26-24-20-16-12-8-2)69-110-77(96)64-56-48-42-40-46-54-62-72(5)60-52-44-21-17-13-9-3/h72-76,81-95,100-107H,7-71H2,1-6H3,(H,108,109). The maximum Gasteiger partial charge on any atom is 0.472 e. The Bertz CT molecular complexity index is 2520. The van der Waals surface area contributed by atoms with Gasteiger partial charge in [-0.25, -0.2) is 4.57 Å². The van der Waals surface area contributed by atoms with Gasteiger partial charge in [0.2, 0.25) is 0 Å². The van der Waals surface area contributed by atoms with E-state index in [1.165, 1.54) is 205 Å². The van der Waals surface area contributed by atoms with E-state index in [9.17, 15) is 74.6 Å². The van der Waals surface area contributed by atoms with Gasteiger partial charge in [-0.2, -0.15) is 0 Å². The van der Waals surface area contributed by atoms with Crippen molar-refractivity contribution in [2.45, 2.75) is 537 Å². The Morgan fingerprint density at radius 1 is 0.325 bits per heavy atom. The van der Waals surface area contributed by atoms with Crippen LogP contribution >= 0.6 is 7.82 Å². The van der Waals surface area contributed by atoms with Crippen molar-refractivity contribution in [3.8, 4) is 0 Å². The maximum atomic E-state index is 14.9. The van der Waals surface area contributed by atoms with Crippen LogP contribution in [-0.2, 0) is 70.7 Å². The van der Waals surface area contributed by atoms with Gasteiger partial charge in [-0.15, -0.1) is 0 Å². The Morgan fingerprint density at radius 3 is 0.992 bits per heavy atom. The second-order valence-electron chi connectivity index (χ2n) is 35.9. The number of ether oxygens (including phenoxy) is 8. The number of aliphatic hydroxyl groups excluding tert-OH is 9. The normalized spacial score (nSPS) is 25.2. The molecule has 708 valence electrons. The predicted octanol–water partition coefficient (Wildman–Crippen LogP) is 18.7. The van der Waals surface area contributed by atoms with Gasteiger partial charge in [-0.1, -0.05) is 382 Å². The number of hydrogen-bond acceptors (Lipinski definition) is 24. The zero-order valence-corrected chi connectivity index (χ0v) is 76.9. The van der Waals surface area contributed by atoms with Crippen LogP contribution in [0.1, 0.15) is 433 Å². The average Bonchev–Trinajstić information content (AvgIpc) is 0.752. The number of esters is 4. The highest BCUT2D eigenvalue weighted by Gasteiger charge is 2.60. The molecule has 0 aromatic rings. The van der Waals surface area contributed by atoms with Crippen molar-refractivity contribution >= 4 is 31.7 Å². The highest BCUT2D eigenvalue weighted by molar-refractivity contribution is 7.47. The largest absolute Gasteiger partial charge is 0.472 e. The van der Waals surface area contributed by atoms with Crippen LogP contribution in [0.5, 0.6) is 0 Å². The van der Waals surface area contributed by atoms with Gasteiger partial charge in [0, 0.05) is 25.7 Å². The molecule has 0 aromatic heterocycles. The molecule has 20 atom stereocenters. The molecule has 0 spiro atoms. The highest BCUT2D eigenvalue weighted by Crippen LogP contribution is 2.49. The second kappa shape index (κ2) is 71.4. The van der Waals surface area contributed by atoms with Gasteiger partial charge in [0.1, 0.15) is 92.6 Å². The summed E-state index contributed by atoms with van der Waals surface area (Å²) in [6.07, 6.45) is 26.5. The molecule has 120 heavy (non-hydrogen) atoms. The van der Waals surface area contributed by atoms with Gasteiger partial charge in [0.15, 0.2) is 24.8 Å². The van der Waals surface area contributed by atoms with Gasteiger partial charge < -0.3 is 88.7 Å². The monoisotopic (exact) mass is 1740 g/mol. The summed E-state index contributed by atoms with van der Waals surface area (Å²) < 4.78 is 73.6. The van der Waals surface area contributed by atoms with Crippen LogP contribution in [0.25, 0.3) is 0 Å². The Balaban J connectivity index is 1.91. The van der Waals surface area contributed by atoms with Crippen molar-refractivity contribution in [1.29, 1.82) is 0 Å². The number of phosphoric ester groups is 1. The molecule has 3 rings (SSSR count). The molecule has 0 radical (unpaired) electrons. The Labute approximate surface area is 725 Å². The summed E-state index contributed by atoms with van der Waals surface area (Å²) in [4.78, 5) is 66.7. The van der Waals surface area contributed by atoms with Crippen LogP contribution in [0.15, 0.2) is 0 Å². The summed E-state index contributed by atoms with van der Waals surface area (Å²) in [6.45, 7) is 10.3. The molecule has 2 saturated heterocycles. The predicted molar refractivity (Wildman–Crippen MR) is 467 cm³/mol. The van der Waals surface area contributed by atoms with Crippen molar-refractivity contribution in [3.05, 3.63) is 0 Å². The first-order chi connectivity index (χ1) is 58.0. The van der Waals surface area contributed by atoms with Crippen LogP contribution in [0.2, 0.25) is 0 Å². The first-order valence-corrected chi connectivity index (χ1v) is 50.5. The maximum absolute atomic E-state index is 14.9. The van der Waals surface area contributed by atoms with Gasteiger partial charge in [0.05, 0.1) is 13.2 Å². The van der Waals surface area contributed by atoms with Gasteiger partial charge in [0.25, 0.3) is 0 Å². The molecule has 0 amide bonds. The number of carbonyl (C=O) groups excluding carboxylic acids is 4. The van der Waals surface area contributed by atoms with Gasteiger partial charge >= 0.3 is 31.7 Å². The Hall–Kier alpha value is -2.53. The van der Waals surface area contributed by atoms with E-state index in [-0.39, 0.29) is 25.7 Å². The molecular weight excluding hydrogens is 1560 g/mol. The average molecular weight is 1740 g/mol. The number of carbonyl (C=O) groups is 4. The minimum Gasteiger partial charge on any atom is -0.463 e. The lowest BCUT2D eigenvalue weighted by Crippen LogP contribution is -2.70. The Kier molecular flexibility index (Phi) is 66.4. The molecule has 2 aliphatic heterocycles. The molecule has 1 saturated carbocycles. The van der Waals surface area contributed by atoms with Crippen molar-refractivity contribution < 1.29 is 122 Å². The zero-order chi connectivity index (χ0) is 87.8. The molecule has 20 unspecified atom stereocenters. The number of hydrogen-bond donors (Lipinski definition) is 10. The zero-order valence-electron chi connectivity index (χ0n) is 76.0. The third kappa shape index (κ3) is 51.5. The first kappa shape index (κ1) is 112. The number of unbranched alkanes of at least 4 members (excludes halogenated alkanes) is 47. The smallest absolute Gasteiger partial charge is 0.463 e. The van der Waals surface area contributed by atoms with Gasteiger partial charge in [-0.05, 0) is 37.5 Å². The molecule has 3 fully saturated rings. The molecule has 26 heteroatoms. The van der Waals surface area contributed by atoms with Crippen molar-refractivity contribution in [1.82, 2.24) is 0 Å². The third-order valence-corrected chi connectivity index (χ3v) is 25.6. The third-order valence-electron chi connectivity index (χ3n) is 24.7. The van der Waals surface area contributed by atoms with E-state index in [0.29, 0.717) is 43.9 Å². The van der Waals surface area contributed by atoms with Crippen LogP contribution in [0.4, 0.5) is 0 Å². The first-order valence-electron chi connectivity index (χ1n) is 49.1. The summed E-state index contributed by atoms with van der Waals surface area (Å²) in [7, 11) is -5.81. The van der Waals surface area contributed by atoms with E-state index in [1.54, 1.807) is 0 Å². The summed E-state index contributed by atoms with van der Waals surface area (Å²) in [6, 6.07) is 0. The molecule has 0 bridgehead atoms. The minimum absolute atomic E-state index is 0.0170. The van der Waals surface area contributed by atoms with Crippen LogP contribution in [0, 0.1) is 11.8 Å². The van der Waals surface area contributed by atoms with E-state index < -0.39 is 162 Å². The minimum atomic E-state index is -5.81. The molecular formula is C94H177O25P. The fourth-order valence-electron chi connectivity index (χ4n) is 16.7. The molecule has 0 aromatic carbocycles. The van der Waals surface area contributed by atoms with Gasteiger partial charge in [-0.3, -0.25) is 28.2 Å². The second-order valence-corrected chi connectivity index (χ2v) is 37.3. The van der Waals surface area contributed by atoms with Crippen molar-refractivity contribution in [3.63, 3.8) is 0 Å². The SMILES string of the molecule is CCCCCCCCCCCCCCCCCCC(=O)OC1C(O)C(O)C(OC2OC(CO)C(O)C(O)C2O)C(OP(=O)(O)OCC(COC(=O)CCCCCCCCC(C)CCCCCCCC)OC(=O)CCCCCCCCCCCCCCC)C1OC1OC(COC(=O)CCCCCCCCC(C)CCCCCCCC)C(O)C(O)C1O. The Morgan fingerprint density at radius 2 is 0.625 bits per heavy atom. The summed E-state index contributed by atoms with van der Waals surface area (Å²) in [5.74, 6) is -1.57. The fourth-order valence-corrected chi connectivity index (χ4v) is 17.7. The summed E-state index contributed by atoms with van der Waals surface area (Å²) >= 11 is 0. The lowest BCUT2D eigenvalue weighted by Gasteiger charge is -2.50. The van der Waals surface area contributed by atoms with Crippen molar-refractivity contribution in [2.75, 3.05) is 26.4 Å². The van der Waals surface area contributed by atoms with E-state index in [4.69, 9.17) is 46.9 Å². The van der Waals surface area contributed by atoms with Crippen LogP contribution < -0.4 is 0 Å². The van der Waals surface area contributed by atoms with E-state index in [2.05, 4.69) is 41.5 Å². The molecule has 1 aliphatic carbocycles. The lowest BCUT2D eigenvalue weighted by atomic mass is 9.84. The number of rotatable bonds is 79. The fraction of sp³-hybridized carbons (Fsp3) is 0.957. The molecule has 2 heterocycles. The molecule has 3 aliphatic rings. The van der Waals surface area contributed by atoms with E-state index in [0.717, 1.165) is 128 Å². The highest BCUT2D eigenvalue weighted by atomic mass is 31.2. The topological polar surface area (TPSA) is 380 Å². The van der Waals surface area contributed by atoms with Crippen LogP contribution in [-0.4, -0.2) is 205 Å². The summed E-state index contributed by atoms with van der Waals surface area (Å²) in [5.41, 5.74) is 0. The van der Waals surface area contributed by atoms with E-state index >= 15 is 0 Å². The van der Waals surface area contributed by atoms with E-state index in [1.807, 2.05) is 0 Å². The number of phosphoric acid groups is 1. The van der Waals surface area contributed by atoms with Crippen molar-refractivity contribution in [2.24, 2.45) is 11.8 Å². The molecule has 10 N–H and O–H groups in total. The quantitative estimate of drug-likeness (QED) is 0.0117. The number of aliphatic hydroxyl groups is 9.